The summed E-state index contributed by atoms with van der Waals surface area (Å²) in [5.41, 5.74) is 4.32. The van der Waals surface area contributed by atoms with Gasteiger partial charge in [0.2, 0.25) is 0 Å². The molecule has 0 bridgehead atoms. The molecule has 1 fully saturated rings. The second-order valence-electron chi connectivity index (χ2n) is 4.52. The highest BCUT2D eigenvalue weighted by molar-refractivity contribution is 5.99. The maximum absolute atomic E-state index is 13.2. The lowest BCUT2D eigenvalue weighted by Crippen LogP contribution is -2.32. The van der Waals surface area contributed by atoms with Crippen LogP contribution in [0.1, 0.15) is 36.8 Å². The molecule has 1 aliphatic carbocycles. The lowest BCUT2D eigenvalue weighted by Gasteiger charge is -2.12. The first-order valence-electron chi connectivity index (χ1n) is 6.01. The zero-order valence-electron chi connectivity index (χ0n) is 10.0. The van der Waals surface area contributed by atoms with Crippen molar-refractivity contribution in [3.05, 3.63) is 35.1 Å². The van der Waals surface area contributed by atoms with Crippen molar-refractivity contribution in [2.45, 2.75) is 38.6 Å². The molecule has 0 unspecified atom stereocenters. The van der Waals surface area contributed by atoms with Gasteiger partial charge in [0.05, 0.1) is 6.04 Å². The van der Waals surface area contributed by atoms with E-state index in [2.05, 4.69) is 10.4 Å². The van der Waals surface area contributed by atoms with Crippen LogP contribution in [-0.4, -0.2) is 11.9 Å². The standard InChI is InChI=1S/C13H18FN3/c1-9-6-7-10(14)8-12(9)13(17-15)16-11-4-2-3-5-11/h6-8,11H,2-5,15H2,1H3,(H,16,17). The summed E-state index contributed by atoms with van der Waals surface area (Å²) >= 11 is 0. The first-order valence-corrected chi connectivity index (χ1v) is 6.01. The average Bonchev–Trinajstić information content (AvgIpc) is 2.82. The fourth-order valence-corrected chi connectivity index (χ4v) is 2.25. The van der Waals surface area contributed by atoms with E-state index >= 15 is 0 Å². The van der Waals surface area contributed by atoms with Gasteiger partial charge in [0, 0.05) is 5.56 Å². The Morgan fingerprint density at radius 3 is 2.76 bits per heavy atom. The molecule has 0 aliphatic heterocycles. The van der Waals surface area contributed by atoms with Gasteiger partial charge in [-0.15, -0.1) is 0 Å². The average molecular weight is 235 g/mol. The number of hydrogen-bond acceptors (Lipinski definition) is 2. The van der Waals surface area contributed by atoms with E-state index in [4.69, 9.17) is 5.84 Å². The summed E-state index contributed by atoms with van der Waals surface area (Å²) < 4.78 is 13.2. The molecule has 0 spiro atoms. The topological polar surface area (TPSA) is 50.4 Å². The summed E-state index contributed by atoms with van der Waals surface area (Å²) in [6.45, 7) is 1.93. The van der Waals surface area contributed by atoms with Gasteiger partial charge in [-0.3, -0.25) is 4.99 Å². The molecule has 1 saturated carbocycles. The Hall–Kier alpha value is -1.42. The molecule has 1 aliphatic rings. The van der Waals surface area contributed by atoms with Crippen molar-refractivity contribution in [1.82, 2.24) is 5.43 Å². The Balaban J connectivity index is 2.30. The third kappa shape index (κ3) is 2.82. The molecule has 1 aromatic carbocycles. The summed E-state index contributed by atoms with van der Waals surface area (Å²) in [7, 11) is 0. The normalized spacial score (nSPS) is 17.5. The predicted octanol–water partition coefficient (Wildman–Crippen LogP) is 2.29. The molecule has 0 aromatic heterocycles. The Labute approximate surface area is 101 Å². The Morgan fingerprint density at radius 1 is 1.41 bits per heavy atom. The predicted molar refractivity (Wildman–Crippen MR) is 67.3 cm³/mol. The van der Waals surface area contributed by atoms with E-state index in [1.807, 2.05) is 6.92 Å². The van der Waals surface area contributed by atoms with Gasteiger partial charge >= 0.3 is 0 Å². The van der Waals surface area contributed by atoms with E-state index in [1.165, 1.54) is 25.0 Å². The highest BCUT2D eigenvalue weighted by Gasteiger charge is 2.16. The van der Waals surface area contributed by atoms with Crippen molar-refractivity contribution in [3.63, 3.8) is 0 Å². The number of hydrogen-bond donors (Lipinski definition) is 2. The van der Waals surface area contributed by atoms with Gasteiger partial charge in [-0.05, 0) is 37.5 Å². The lowest BCUT2D eigenvalue weighted by atomic mass is 10.1. The molecule has 2 rings (SSSR count). The fraction of sp³-hybridized carbons (Fsp3) is 0.462. The molecular weight excluding hydrogens is 217 g/mol. The molecule has 0 radical (unpaired) electrons. The van der Waals surface area contributed by atoms with Crippen LogP contribution in [0.25, 0.3) is 0 Å². The Kier molecular flexibility index (Phi) is 3.74. The van der Waals surface area contributed by atoms with Crippen molar-refractivity contribution < 1.29 is 4.39 Å². The van der Waals surface area contributed by atoms with Crippen LogP contribution in [0.15, 0.2) is 23.2 Å². The molecule has 4 heteroatoms. The maximum atomic E-state index is 13.2. The molecule has 3 nitrogen and oxygen atoms in total. The van der Waals surface area contributed by atoms with E-state index in [-0.39, 0.29) is 5.82 Å². The van der Waals surface area contributed by atoms with Crippen molar-refractivity contribution in [2.75, 3.05) is 0 Å². The number of nitrogens with two attached hydrogens (primary N) is 1. The zero-order chi connectivity index (χ0) is 12.3. The smallest absolute Gasteiger partial charge is 0.143 e. The zero-order valence-corrected chi connectivity index (χ0v) is 10.0. The highest BCUT2D eigenvalue weighted by atomic mass is 19.1. The molecule has 0 heterocycles. The molecule has 0 atom stereocenters. The van der Waals surface area contributed by atoms with Gasteiger partial charge in [0.25, 0.3) is 0 Å². The minimum Gasteiger partial charge on any atom is -0.308 e. The SMILES string of the molecule is Cc1ccc(F)cc1C(=NC1CCCC1)NN. The molecule has 17 heavy (non-hydrogen) atoms. The Morgan fingerprint density at radius 2 is 2.12 bits per heavy atom. The summed E-state index contributed by atoms with van der Waals surface area (Å²) in [5.74, 6) is 5.83. The van der Waals surface area contributed by atoms with Crippen LogP contribution in [0, 0.1) is 12.7 Å². The molecule has 1 aromatic rings. The van der Waals surface area contributed by atoms with E-state index in [0.717, 1.165) is 24.0 Å². The number of hydrazine groups is 1. The fourth-order valence-electron chi connectivity index (χ4n) is 2.25. The largest absolute Gasteiger partial charge is 0.308 e. The molecular formula is C13H18FN3. The van der Waals surface area contributed by atoms with Crippen LogP contribution in [-0.2, 0) is 0 Å². The van der Waals surface area contributed by atoms with Crippen molar-refractivity contribution in [3.8, 4) is 0 Å². The number of nitrogens with zero attached hydrogens (tertiary/aromatic N) is 1. The third-order valence-corrected chi connectivity index (χ3v) is 3.23. The number of nitrogens with one attached hydrogen (secondary N) is 1. The number of rotatable bonds is 2. The number of aryl methyl sites for hydroxylation is 1. The van der Waals surface area contributed by atoms with Crippen molar-refractivity contribution in [1.29, 1.82) is 0 Å². The second-order valence-corrected chi connectivity index (χ2v) is 4.52. The van der Waals surface area contributed by atoms with E-state index < -0.39 is 0 Å². The van der Waals surface area contributed by atoms with Gasteiger partial charge < -0.3 is 5.43 Å². The lowest BCUT2D eigenvalue weighted by molar-refractivity contribution is 0.626. The molecule has 0 amide bonds. The van der Waals surface area contributed by atoms with Gasteiger partial charge in [-0.25, -0.2) is 10.2 Å². The number of benzene rings is 1. The summed E-state index contributed by atoms with van der Waals surface area (Å²) in [5, 5.41) is 0. The number of amidine groups is 1. The van der Waals surface area contributed by atoms with Crippen molar-refractivity contribution >= 4 is 5.84 Å². The van der Waals surface area contributed by atoms with Crippen LogP contribution >= 0.6 is 0 Å². The third-order valence-electron chi connectivity index (χ3n) is 3.23. The minimum absolute atomic E-state index is 0.264. The summed E-state index contributed by atoms with van der Waals surface area (Å²) in [6, 6.07) is 4.99. The molecule has 0 saturated heterocycles. The van der Waals surface area contributed by atoms with Gasteiger partial charge in [-0.2, -0.15) is 0 Å². The van der Waals surface area contributed by atoms with E-state index in [9.17, 15) is 4.39 Å². The van der Waals surface area contributed by atoms with Gasteiger partial charge in [0.15, 0.2) is 0 Å². The minimum atomic E-state index is -0.264. The second kappa shape index (κ2) is 5.27. The molecule has 3 N–H and O–H groups in total. The molecule has 92 valence electrons. The van der Waals surface area contributed by atoms with Crippen LogP contribution in [0.3, 0.4) is 0 Å². The maximum Gasteiger partial charge on any atom is 0.143 e. The quantitative estimate of drug-likeness (QED) is 0.357. The highest BCUT2D eigenvalue weighted by Crippen LogP contribution is 2.22. The van der Waals surface area contributed by atoms with Crippen LogP contribution in [0.2, 0.25) is 0 Å². The summed E-state index contributed by atoms with van der Waals surface area (Å²) in [6.07, 6.45) is 4.63. The van der Waals surface area contributed by atoms with Crippen LogP contribution in [0.4, 0.5) is 4.39 Å². The van der Waals surface area contributed by atoms with E-state index in [1.54, 1.807) is 6.07 Å². The monoisotopic (exact) mass is 235 g/mol. The first-order chi connectivity index (χ1) is 8.20. The first kappa shape index (κ1) is 12.0. The number of halogens is 1. The van der Waals surface area contributed by atoms with Gasteiger partial charge in [-0.1, -0.05) is 18.9 Å². The Bertz CT molecular complexity index is 423. The van der Waals surface area contributed by atoms with E-state index in [0.29, 0.717) is 11.9 Å². The summed E-state index contributed by atoms with van der Waals surface area (Å²) in [4.78, 5) is 4.58. The number of aliphatic imine (C=N–C) groups is 1. The van der Waals surface area contributed by atoms with Crippen LogP contribution < -0.4 is 11.3 Å². The van der Waals surface area contributed by atoms with Crippen LogP contribution in [0.5, 0.6) is 0 Å². The van der Waals surface area contributed by atoms with Gasteiger partial charge in [0.1, 0.15) is 11.7 Å². The van der Waals surface area contributed by atoms with Crippen molar-refractivity contribution in [2.24, 2.45) is 10.8 Å².